The van der Waals surface area contributed by atoms with Crippen molar-refractivity contribution in [2.75, 3.05) is 0 Å². The zero-order valence-corrected chi connectivity index (χ0v) is 13.3. The smallest absolute Gasteiger partial charge is 0.323 e. The molecular weight excluding hydrogens is 331 g/mol. The number of benzene rings is 1. The summed E-state index contributed by atoms with van der Waals surface area (Å²) in [6, 6.07) is 7.22. The van der Waals surface area contributed by atoms with E-state index in [2.05, 4.69) is 4.98 Å². The Morgan fingerprint density at radius 1 is 1.33 bits per heavy atom. The maximum absolute atomic E-state index is 11.1. The zero-order valence-electron chi connectivity index (χ0n) is 10.9. The third-order valence-corrected chi connectivity index (χ3v) is 4.76. The molecule has 0 aliphatic carbocycles. The summed E-state index contributed by atoms with van der Waals surface area (Å²) < 4.78 is 1.64. The normalized spacial score (nSPS) is 11.2. The van der Waals surface area contributed by atoms with Crippen molar-refractivity contribution in [1.29, 1.82) is 0 Å². The zero-order chi connectivity index (χ0) is 15.1. The minimum absolute atomic E-state index is 0.180. The Morgan fingerprint density at radius 3 is 2.67 bits per heavy atom. The van der Waals surface area contributed by atoms with Crippen LogP contribution in [0.15, 0.2) is 24.3 Å². The molecule has 1 N–H and O–H groups in total. The molecular formula is C14H10Cl2N2O2S. The van der Waals surface area contributed by atoms with E-state index in [1.807, 2.05) is 19.1 Å². The highest BCUT2D eigenvalue weighted by molar-refractivity contribution is 7.15. The van der Waals surface area contributed by atoms with E-state index in [-0.39, 0.29) is 6.54 Å². The van der Waals surface area contributed by atoms with E-state index in [1.54, 1.807) is 28.0 Å². The van der Waals surface area contributed by atoms with Gasteiger partial charge in [0.05, 0.1) is 26.0 Å². The van der Waals surface area contributed by atoms with Crippen LogP contribution in [0.25, 0.3) is 21.7 Å². The van der Waals surface area contributed by atoms with Crippen molar-refractivity contribution >= 4 is 51.5 Å². The SMILES string of the molecule is Cc1ccc(-c2nc3cc(Cl)c(Cl)cc3n2CC(=O)O)s1. The lowest BCUT2D eigenvalue weighted by Crippen LogP contribution is -2.09. The van der Waals surface area contributed by atoms with Gasteiger partial charge in [-0.1, -0.05) is 23.2 Å². The van der Waals surface area contributed by atoms with Gasteiger partial charge in [0.15, 0.2) is 5.82 Å². The number of carboxylic acid groups (broad SMARTS) is 1. The van der Waals surface area contributed by atoms with E-state index in [1.165, 1.54) is 0 Å². The van der Waals surface area contributed by atoms with E-state index in [0.29, 0.717) is 26.9 Å². The third-order valence-electron chi connectivity index (χ3n) is 3.04. The standard InChI is InChI=1S/C14H10Cl2N2O2S/c1-7-2-3-12(21-7)14-17-10-4-8(15)9(16)5-11(10)18(14)6-13(19)20/h2-5H,6H2,1H3,(H,19,20). The van der Waals surface area contributed by atoms with Crippen LogP contribution in [0.1, 0.15) is 4.88 Å². The molecule has 0 radical (unpaired) electrons. The van der Waals surface area contributed by atoms with E-state index in [9.17, 15) is 4.79 Å². The van der Waals surface area contributed by atoms with Crippen molar-refractivity contribution in [3.63, 3.8) is 0 Å². The van der Waals surface area contributed by atoms with Gasteiger partial charge in [-0.3, -0.25) is 4.79 Å². The van der Waals surface area contributed by atoms with Gasteiger partial charge in [0.1, 0.15) is 6.54 Å². The first-order chi connectivity index (χ1) is 9.95. The lowest BCUT2D eigenvalue weighted by molar-refractivity contribution is -0.137. The average molecular weight is 341 g/mol. The minimum atomic E-state index is -0.935. The van der Waals surface area contributed by atoms with Crippen LogP contribution in [-0.4, -0.2) is 20.6 Å². The van der Waals surface area contributed by atoms with Crippen LogP contribution >= 0.6 is 34.5 Å². The summed E-state index contributed by atoms with van der Waals surface area (Å²) >= 11 is 13.6. The lowest BCUT2D eigenvalue weighted by atomic mass is 10.3. The van der Waals surface area contributed by atoms with Crippen LogP contribution in [-0.2, 0) is 11.3 Å². The van der Waals surface area contributed by atoms with Crippen molar-refractivity contribution in [3.8, 4) is 10.7 Å². The number of aryl methyl sites for hydroxylation is 1. The van der Waals surface area contributed by atoms with E-state index >= 15 is 0 Å². The quantitative estimate of drug-likeness (QED) is 0.765. The van der Waals surface area contributed by atoms with Crippen LogP contribution in [0.2, 0.25) is 10.0 Å². The number of thiophene rings is 1. The maximum atomic E-state index is 11.1. The second kappa shape index (κ2) is 5.33. The van der Waals surface area contributed by atoms with Gasteiger partial charge in [0.2, 0.25) is 0 Å². The summed E-state index contributed by atoms with van der Waals surface area (Å²) in [7, 11) is 0. The molecule has 0 saturated heterocycles. The van der Waals surface area contributed by atoms with Crippen LogP contribution in [0, 0.1) is 6.92 Å². The molecule has 0 spiro atoms. The number of aromatic nitrogens is 2. The monoisotopic (exact) mass is 340 g/mol. The highest BCUT2D eigenvalue weighted by Gasteiger charge is 2.17. The van der Waals surface area contributed by atoms with Crippen molar-refractivity contribution < 1.29 is 9.90 Å². The number of nitrogens with zero attached hydrogens (tertiary/aromatic N) is 2. The predicted molar refractivity (Wildman–Crippen MR) is 85.4 cm³/mol. The van der Waals surface area contributed by atoms with Crippen molar-refractivity contribution in [3.05, 3.63) is 39.2 Å². The van der Waals surface area contributed by atoms with Crippen LogP contribution in [0.5, 0.6) is 0 Å². The van der Waals surface area contributed by atoms with Gasteiger partial charge in [-0.05, 0) is 31.2 Å². The van der Waals surface area contributed by atoms with Crippen molar-refractivity contribution in [1.82, 2.24) is 9.55 Å². The highest BCUT2D eigenvalue weighted by atomic mass is 35.5. The van der Waals surface area contributed by atoms with Crippen LogP contribution < -0.4 is 0 Å². The summed E-state index contributed by atoms with van der Waals surface area (Å²) in [6.07, 6.45) is 0. The molecule has 3 aromatic rings. The second-order valence-electron chi connectivity index (χ2n) is 4.58. The van der Waals surface area contributed by atoms with Gasteiger partial charge < -0.3 is 9.67 Å². The Labute approximate surface area is 134 Å². The summed E-state index contributed by atoms with van der Waals surface area (Å²) in [5.74, 6) is -0.321. The summed E-state index contributed by atoms with van der Waals surface area (Å²) in [6.45, 7) is 1.81. The average Bonchev–Trinajstić information content (AvgIpc) is 2.95. The lowest BCUT2D eigenvalue weighted by Gasteiger charge is -2.05. The molecule has 0 amide bonds. The third kappa shape index (κ3) is 2.64. The first kappa shape index (κ1) is 14.4. The number of aliphatic carboxylic acids is 1. The maximum Gasteiger partial charge on any atom is 0.323 e. The molecule has 108 valence electrons. The van der Waals surface area contributed by atoms with Gasteiger partial charge in [0.25, 0.3) is 0 Å². The fourth-order valence-corrected chi connectivity index (χ4v) is 3.34. The molecule has 0 saturated carbocycles. The summed E-state index contributed by atoms with van der Waals surface area (Å²) in [4.78, 5) is 17.7. The molecule has 2 aromatic heterocycles. The van der Waals surface area contributed by atoms with E-state index < -0.39 is 5.97 Å². The Kier molecular flexibility index (Phi) is 3.65. The molecule has 7 heteroatoms. The topological polar surface area (TPSA) is 55.1 Å². The number of hydrogen-bond donors (Lipinski definition) is 1. The molecule has 1 aromatic carbocycles. The highest BCUT2D eigenvalue weighted by Crippen LogP contribution is 2.33. The van der Waals surface area contributed by atoms with E-state index in [0.717, 1.165) is 9.75 Å². The van der Waals surface area contributed by atoms with Crippen LogP contribution in [0.4, 0.5) is 0 Å². The summed E-state index contributed by atoms with van der Waals surface area (Å²) in [5, 5.41) is 9.92. The summed E-state index contributed by atoms with van der Waals surface area (Å²) in [5.41, 5.74) is 1.29. The number of fused-ring (bicyclic) bond motifs is 1. The molecule has 0 bridgehead atoms. The number of hydrogen-bond acceptors (Lipinski definition) is 3. The van der Waals surface area contributed by atoms with Gasteiger partial charge >= 0.3 is 5.97 Å². The Balaban J connectivity index is 2.29. The molecule has 0 aliphatic heterocycles. The van der Waals surface area contributed by atoms with Crippen molar-refractivity contribution in [2.45, 2.75) is 13.5 Å². The predicted octanol–water partition coefficient (Wildman–Crippen LogP) is 4.46. The molecule has 0 aliphatic rings. The number of carbonyl (C=O) groups is 1. The minimum Gasteiger partial charge on any atom is -0.480 e. The molecule has 0 atom stereocenters. The fraction of sp³-hybridized carbons (Fsp3) is 0.143. The Morgan fingerprint density at radius 2 is 2.05 bits per heavy atom. The molecule has 3 rings (SSSR count). The number of halogens is 2. The van der Waals surface area contributed by atoms with Crippen molar-refractivity contribution in [2.24, 2.45) is 0 Å². The molecule has 2 heterocycles. The molecule has 0 unspecified atom stereocenters. The first-order valence-electron chi connectivity index (χ1n) is 6.09. The Bertz CT molecular complexity index is 854. The molecule has 0 fully saturated rings. The largest absolute Gasteiger partial charge is 0.480 e. The van der Waals surface area contributed by atoms with Gasteiger partial charge in [-0.2, -0.15) is 0 Å². The molecule has 4 nitrogen and oxygen atoms in total. The first-order valence-corrected chi connectivity index (χ1v) is 7.67. The molecule has 21 heavy (non-hydrogen) atoms. The van der Waals surface area contributed by atoms with Gasteiger partial charge in [0, 0.05) is 4.88 Å². The van der Waals surface area contributed by atoms with Crippen LogP contribution in [0.3, 0.4) is 0 Å². The number of imidazole rings is 1. The fourth-order valence-electron chi connectivity index (χ4n) is 2.16. The van der Waals surface area contributed by atoms with Gasteiger partial charge in [-0.15, -0.1) is 11.3 Å². The van der Waals surface area contributed by atoms with Gasteiger partial charge in [-0.25, -0.2) is 4.98 Å². The second-order valence-corrected chi connectivity index (χ2v) is 6.68. The Hall–Kier alpha value is -1.56. The number of carboxylic acids is 1. The number of rotatable bonds is 3. The van der Waals surface area contributed by atoms with E-state index in [4.69, 9.17) is 28.3 Å².